The van der Waals surface area contributed by atoms with Gasteiger partial charge in [0, 0.05) is 39.8 Å². The Morgan fingerprint density at radius 3 is 2.68 bits per heavy atom. The number of ether oxygens (including phenoxy) is 1. The molecule has 3 aromatic carbocycles. The number of nitrogens with zero attached hydrogens (tertiary/aromatic N) is 2. The number of hydrazone groups is 1. The van der Waals surface area contributed by atoms with Crippen LogP contribution in [0.25, 0.3) is 10.9 Å². The van der Waals surface area contributed by atoms with Gasteiger partial charge < -0.3 is 9.30 Å². The number of amides is 1. The first-order valence-electron chi connectivity index (χ1n) is 10.0. The molecule has 0 aliphatic heterocycles. The molecule has 4 rings (SSSR count). The summed E-state index contributed by atoms with van der Waals surface area (Å²) in [7, 11) is 0. The van der Waals surface area contributed by atoms with Crippen molar-refractivity contribution in [2.75, 3.05) is 6.61 Å². The van der Waals surface area contributed by atoms with Gasteiger partial charge in [0.1, 0.15) is 5.75 Å². The molecule has 4 aromatic rings. The zero-order valence-corrected chi connectivity index (χ0v) is 17.8. The van der Waals surface area contributed by atoms with E-state index in [0.29, 0.717) is 23.7 Å². The second kappa shape index (κ2) is 9.49. The molecule has 1 aromatic heterocycles. The molecule has 156 valence electrons. The molecular formula is C25H22ClN3O2. The zero-order chi connectivity index (χ0) is 21.6. The van der Waals surface area contributed by atoms with Crippen molar-refractivity contribution >= 4 is 34.6 Å². The summed E-state index contributed by atoms with van der Waals surface area (Å²) in [6.45, 7) is 3.19. The molecule has 0 saturated carbocycles. The molecule has 31 heavy (non-hydrogen) atoms. The standard InChI is InChI=1S/C25H22ClN3O2/c1-2-31-22-12-10-19(11-13-22)25(30)28-27-15-20-17-29(24-9-4-3-8-23(20)24)16-18-6-5-7-21(26)14-18/h3-15,17H,2,16H2,1H3,(H,28,30)/b27-15-. The van der Waals surface area contributed by atoms with Crippen LogP contribution in [0.15, 0.2) is 84.1 Å². The van der Waals surface area contributed by atoms with Crippen molar-refractivity contribution in [1.82, 2.24) is 9.99 Å². The van der Waals surface area contributed by atoms with E-state index in [9.17, 15) is 4.79 Å². The van der Waals surface area contributed by atoms with Crippen molar-refractivity contribution in [2.24, 2.45) is 5.10 Å². The summed E-state index contributed by atoms with van der Waals surface area (Å²) in [5, 5.41) is 5.95. The van der Waals surface area contributed by atoms with Crippen LogP contribution < -0.4 is 10.2 Å². The highest BCUT2D eigenvalue weighted by molar-refractivity contribution is 6.30. The smallest absolute Gasteiger partial charge is 0.271 e. The van der Waals surface area contributed by atoms with E-state index in [4.69, 9.17) is 16.3 Å². The summed E-state index contributed by atoms with van der Waals surface area (Å²) < 4.78 is 7.55. The number of para-hydroxylation sites is 1. The van der Waals surface area contributed by atoms with E-state index in [2.05, 4.69) is 21.2 Å². The second-order valence-electron chi connectivity index (χ2n) is 7.02. The lowest BCUT2D eigenvalue weighted by molar-refractivity contribution is 0.0955. The number of fused-ring (bicyclic) bond motifs is 1. The van der Waals surface area contributed by atoms with Gasteiger partial charge in [0.25, 0.3) is 5.91 Å². The molecular weight excluding hydrogens is 410 g/mol. The first kappa shape index (κ1) is 20.7. The molecule has 0 spiro atoms. The van der Waals surface area contributed by atoms with Crippen molar-refractivity contribution in [3.63, 3.8) is 0 Å². The summed E-state index contributed by atoms with van der Waals surface area (Å²) in [5.41, 5.74) is 6.23. The Morgan fingerprint density at radius 2 is 1.90 bits per heavy atom. The average Bonchev–Trinajstić information content (AvgIpc) is 3.12. The largest absolute Gasteiger partial charge is 0.494 e. The molecule has 0 atom stereocenters. The topological polar surface area (TPSA) is 55.6 Å². The minimum absolute atomic E-state index is 0.276. The summed E-state index contributed by atoms with van der Waals surface area (Å²) in [6.07, 6.45) is 3.70. The number of benzene rings is 3. The predicted octanol–water partition coefficient (Wildman–Crippen LogP) is 5.51. The third-order valence-corrected chi connectivity index (χ3v) is 5.09. The maximum Gasteiger partial charge on any atom is 0.271 e. The normalized spacial score (nSPS) is 11.2. The fourth-order valence-corrected chi connectivity index (χ4v) is 3.65. The molecule has 0 aliphatic carbocycles. The first-order chi connectivity index (χ1) is 15.1. The van der Waals surface area contributed by atoms with Gasteiger partial charge in [-0.2, -0.15) is 5.10 Å². The van der Waals surface area contributed by atoms with Crippen molar-refractivity contribution in [3.05, 3.63) is 101 Å². The number of aromatic nitrogens is 1. The summed E-state index contributed by atoms with van der Waals surface area (Å²) in [6, 6.07) is 22.9. The highest BCUT2D eigenvalue weighted by atomic mass is 35.5. The van der Waals surface area contributed by atoms with Gasteiger partial charge in [-0.05, 0) is 55.0 Å². The molecule has 0 bridgehead atoms. The van der Waals surface area contributed by atoms with E-state index >= 15 is 0 Å². The lowest BCUT2D eigenvalue weighted by atomic mass is 10.2. The molecule has 0 fully saturated rings. The first-order valence-corrected chi connectivity index (χ1v) is 10.4. The van der Waals surface area contributed by atoms with Crippen LogP contribution in [0.1, 0.15) is 28.4 Å². The SMILES string of the molecule is CCOc1ccc(C(=O)N/N=C\c2cn(Cc3cccc(Cl)c3)c3ccccc23)cc1. The number of carbonyl (C=O) groups is 1. The number of carbonyl (C=O) groups excluding carboxylic acids is 1. The molecule has 5 nitrogen and oxygen atoms in total. The second-order valence-corrected chi connectivity index (χ2v) is 7.45. The lowest BCUT2D eigenvalue weighted by Crippen LogP contribution is -2.17. The Balaban J connectivity index is 1.51. The van der Waals surface area contributed by atoms with Gasteiger partial charge in [0.05, 0.1) is 12.8 Å². The van der Waals surface area contributed by atoms with E-state index < -0.39 is 0 Å². The van der Waals surface area contributed by atoms with Gasteiger partial charge in [-0.1, -0.05) is 41.9 Å². The number of nitrogens with one attached hydrogen (secondary N) is 1. The minimum atomic E-state index is -0.276. The molecule has 0 radical (unpaired) electrons. The maximum absolute atomic E-state index is 12.4. The molecule has 1 heterocycles. The monoisotopic (exact) mass is 431 g/mol. The van der Waals surface area contributed by atoms with Gasteiger partial charge in [-0.3, -0.25) is 4.79 Å². The number of hydrogen-bond acceptors (Lipinski definition) is 3. The average molecular weight is 432 g/mol. The number of hydrogen-bond donors (Lipinski definition) is 1. The van der Waals surface area contributed by atoms with Crippen LogP contribution in [0.2, 0.25) is 5.02 Å². The molecule has 6 heteroatoms. The van der Waals surface area contributed by atoms with Gasteiger partial charge in [0.15, 0.2) is 0 Å². The fourth-order valence-electron chi connectivity index (χ4n) is 3.44. The van der Waals surface area contributed by atoms with Crippen LogP contribution >= 0.6 is 11.6 Å². The van der Waals surface area contributed by atoms with Crippen LogP contribution in [0.5, 0.6) is 5.75 Å². The van der Waals surface area contributed by atoms with Crippen LogP contribution in [0, 0.1) is 0 Å². The molecule has 0 aliphatic rings. The van der Waals surface area contributed by atoms with Crippen molar-refractivity contribution in [2.45, 2.75) is 13.5 Å². The summed E-state index contributed by atoms with van der Waals surface area (Å²) in [4.78, 5) is 12.4. The third-order valence-electron chi connectivity index (χ3n) is 4.86. The lowest BCUT2D eigenvalue weighted by Gasteiger charge is -2.05. The van der Waals surface area contributed by atoms with Crippen LogP contribution in [-0.2, 0) is 6.54 Å². The summed E-state index contributed by atoms with van der Waals surface area (Å²) >= 11 is 6.13. The van der Waals surface area contributed by atoms with E-state index in [-0.39, 0.29) is 5.91 Å². The Bertz CT molecular complexity index is 1230. The van der Waals surface area contributed by atoms with Crippen molar-refractivity contribution < 1.29 is 9.53 Å². The Kier molecular flexibility index (Phi) is 6.34. The fraction of sp³-hybridized carbons (Fsp3) is 0.120. The maximum atomic E-state index is 12.4. The number of rotatable bonds is 7. The zero-order valence-electron chi connectivity index (χ0n) is 17.1. The van der Waals surface area contributed by atoms with Gasteiger partial charge >= 0.3 is 0 Å². The van der Waals surface area contributed by atoms with Gasteiger partial charge in [0.2, 0.25) is 0 Å². The summed E-state index contributed by atoms with van der Waals surface area (Å²) in [5.74, 6) is 0.456. The number of halogens is 1. The molecule has 0 unspecified atom stereocenters. The van der Waals surface area contributed by atoms with Crippen LogP contribution in [-0.4, -0.2) is 23.3 Å². The Hall–Kier alpha value is -3.57. The molecule has 0 saturated heterocycles. The van der Waals surface area contributed by atoms with Crippen LogP contribution in [0.3, 0.4) is 0 Å². The quantitative estimate of drug-likeness (QED) is 0.310. The highest BCUT2D eigenvalue weighted by Crippen LogP contribution is 2.22. The highest BCUT2D eigenvalue weighted by Gasteiger charge is 2.08. The van der Waals surface area contributed by atoms with Crippen LogP contribution in [0.4, 0.5) is 0 Å². The van der Waals surface area contributed by atoms with E-state index in [1.165, 1.54) is 0 Å². The van der Waals surface area contributed by atoms with Gasteiger partial charge in [-0.15, -0.1) is 0 Å². The van der Waals surface area contributed by atoms with E-state index in [1.54, 1.807) is 30.5 Å². The Morgan fingerprint density at radius 1 is 1.10 bits per heavy atom. The van der Waals surface area contributed by atoms with Gasteiger partial charge in [-0.25, -0.2) is 5.43 Å². The van der Waals surface area contributed by atoms with Crippen molar-refractivity contribution in [1.29, 1.82) is 0 Å². The third kappa shape index (κ3) is 4.95. The minimum Gasteiger partial charge on any atom is -0.494 e. The van der Waals surface area contributed by atoms with E-state index in [0.717, 1.165) is 27.8 Å². The molecule has 1 N–H and O–H groups in total. The Labute approximate surface area is 185 Å². The predicted molar refractivity (Wildman–Crippen MR) is 125 cm³/mol. The van der Waals surface area contributed by atoms with Crippen molar-refractivity contribution in [3.8, 4) is 5.75 Å². The molecule has 1 amide bonds. The van der Waals surface area contributed by atoms with E-state index in [1.807, 2.05) is 55.6 Å².